The molecular formula is C14H24BrN3S. The van der Waals surface area contributed by atoms with Gasteiger partial charge in [-0.1, -0.05) is 0 Å². The van der Waals surface area contributed by atoms with Crippen molar-refractivity contribution >= 4 is 27.3 Å². The molecule has 1 aliphatic heterocycles. The maximum absolute atomic E-state index is 6.00. The Morgan fingerprint density at radius 1 is 1.53 bits per heavy atom. The third kappa shape index (κ3) is 4.02. The summed E-state index contributed by atoms with van der Waals surface area (Å²) in [5.74, 6) is 0.814. The number of piperidine rings is 1. The third-order valence-corrected chi connectivity index (χ3v) is 6.06. The number of hydrogen-bond acceptors (Lipinski definition) is 4. The van der Waals surface area contributed by atoms with Crippen LogP contribution >= 0.6 is 27.3 Å². The molecule has 108 valence electrons. The SMILES string of the molecule is CN1CCC(CN(C)C(CN)c2sccc2Br)CC1. The molecule has 0 amide bonds. The van der Waals surface area contributed by atoms with Crippen LogP contribution in [0.4, 0.5) is 0 Å². The second-order valence-corrected chi connectivity index (χ2v) is 7.37. The van der Waals surface area contributed by atoms with E-state index in [4.69, 9.17) is 5.73 Å². The van der Waals surface area contributed by atoms with Gasteiger partial charge in [0.2, 0.25) is 0 Å². The van der Waals surface area contributed by atoms with E-state index in [0.717, 1.165) is 12.5 Å². The van der Waals surface area contributed by atoms with E-state index < -0.39 is 0 Å². The van der Waals surface area contributed by atoms with Gasteiger partial charge in [-0.3, -0.25) is 4.90 Å². The van der Waals surface area contributed by atoms with Gasteiger partial charge in [-0.15, -0.1) is 11.3 Å². The van der Waals surface area contributed by atoms with Crippen LogP contribution in [0, 0.1) is 5.92 Å². The number of likely N-dealkylation sites (tertiary alicyclic amines) is 1. The fourth-order valence-electron chi connectivity index (χ4n) is 2.81. The van der Waals surface area contributed by atoms with Gasteiger partial charge in [-0.2, -0.15) is 0 Å². The minimum Gasteiger partial charge on any atom is -0.329 e. The van der Waals surface area contributed by atoms with Crippen molar-refractivity contribution in [3.05, 3.63) is 20.8 Å². The molecule has 0 aliphatic carbocycles. The standard InChI is InChI=1S/C14H24BrN3S/c1-17-6-3-11(4-7-17)10-18(2)13(9-16)14-12(15)5-8-19-14/h5,8,11,13H,3-4,6-7,9-10,16H2,1-2H3. The lowest BCUT2D eigenvalue weighted by atomic mass is 9.96. The van der Waals surface area contributed by atoms with Gasteiger partial charge < -0.3 is 10.6 Å². The smallest absolute Gasteiger partial charge is 0.0573 e. The van der Waals surface area contributed by atoms with E-state index in [9.17, 15) is 0 Å². The summed E-state index contributed by atoms with van der Waals surface area (Å²) < 4.78 is 1.20. The summed E-state index contributed by atoms with van der Waals surface area (Å²) in [4.78, 5) is 6.22. The summed E-state index contributed by atoms with van der Waals surface area (Å²) >= 11 is 5.43. The molecule has 1 unspecified atom stereocenters. The van der Waals surface area contributed by atoms with E-state index in [2.05, 4.69) is 51.3 Å². The van der Waals surface area contributed by atoms with Gasteiger partial charge >= 0.3 is 0 Å². The molecule has 2 heterocycles. The van der Waals surface area contributed by atoms with Gasteiger partial charge in [-0.05, 0) is 73.3 Å². The highest BCUT2D eigenvalue weighted by Crippen LogP contribution is 2.32. The van der Waals surface area contributed by atoms with Crippen molar-refractivity contribution in [2.45, 2.75) is 18.9 Å². The molecule has 19 heavy (non-hydrogen) atoms. The molecular weight excluding hydrogens is 322 g/mol. The molecule has 5 heteroatoms. The molecule has 1 fully saturated rings. The van der Waals surface area contributed by atoms with E-state index in [1.54, 1.807) is 11.3 Å². The average molecular weight is 346 g/mol. The number of nitrogens with zero attached hydrogens (tertiary/aromatic N) is 2. The van der Waals surface area contributed by atoms with Crippen LogP contribution in [0.3, 0.4) is 0 Å². The maximum Gasteiger partial charge on any atom is 0.0573 e. The first-order chi connectivity index (χ1) is 9.11. The third-order valence-electron chi connectivity index (χ3n) is 4.09. The lowest BCUT2D eigenvalue weighted by Crippen LogP contribution is -2.38. The van der Waals surface area contributed by atoms with Gasteiger partial charge in [0.1, 0.15) is 0 Å². The molecule has 2 N–H and O–H groups in total. The minimum atomic E-state index is 0.342. The quantitative estimate of drug-likeness (QED) is 0.890. The van der Waals surface area contributed by atoms with Crippen LogP contribution in [-0.2, 0) is 0 Å². The Labute approximate surface area is 128 Å². The van der Waals surface area contributed by atoms with Crippen LogP contribution in [0.25, 0.3) is 0 Å². The largest absolute Gasteiger partial charge is 0.329 e. The summed E-state index contributed by atoms with van der Waals surface area (Å²) in [6.45, 7) is 4.30. The molecule has 1 atom stereocenters. The van der Waals surface area contributed by atoms with Crippen LogP contribution in [0.2, 0.25) is 0 Å². The first-order valence-corrected chi connectivity index (χ1v) is 8.60. The molecule has 1 aliphatic rings. The van der Waals surface area contributed by atoms with E-state index in [-0.39, 0.29) is 0 Å². The Bertz CT molecular complexity index is 388. The van der Waals surface area contributed by atoms with Crippen LogP contribution < -0.4 is 5.73 Å². The van der Waals surface area contributed by atoms with Crippen molar-refractivity contribution in [2.75, 3.05) is 40.3 Å². The number of nitrogens with two attached hydrogens (primary N) is 1. The predicted octanol–water partition coefficient (Wildman–Crippen LogP) is 2.78. The fourth-order valence-corrected chi connectivity index (χ4v) is 4.63. The summed E-state index contributed by atoms with van der Waals surface area (Å²) in [6.07, 6.45) is 2.62. The lowest BCUT2D eigenvalue weighted by Gasteiger charge is -2.34. The van der Waals surface area contributed by atoms with Gasteiger partial charge in [0.05, 0.1) is 6.04 Å². The number of likely N-dealkylation sites (N-methyl/N-ethyl adjacent to an activating group) is 1. The Hall–Kier alpha value is 0.0600. The lowest BCUT2D eigenvalue weighted by molar-refractivity contribution is 0.152. The topological polar surface area (TPSA) is 32.5 Å². The van der Waals surface area contributed by atoms with Crippen molar-refractivity contribution in [3.63, 3.8) is 0 Å². The molecule has 0 saturated carbocycles. The van der Waals surface area contributed by atoms with Crippen molar-refractivity contribution in [1.82, 2.24) is 9.80 Å². The van der Waals surface area contributed by atoms with E-state index in [1.165, 1.54) is 35.3 Å². The highest BCUT2D eigenvalue weighted by atomic mass is 79.9. The van der Waals surface area contributed by atoms with Gasteiger partial charge in [0.25, 0.3) is 0 Å². The van der Waals surface area contributed by atoms with Crippen LogP contribution in [0.1, 0.15) is 23.8 Å². The first kappa shape index (κ1) is 15.4. The summed E-state index contributed by atoms with van der Waals surface area (Å²) in [7, 11) is 4.42. The van der Waals surface area contributed by atoms with Crippen molar-refractivity contribution < 1.29 is 0 Å². The van der Waals surface area contributed by atoms with Crippen LogP contribution in [0.5, 0.6) is 0 Å². The Kier molecular flexibility index (Phi) is 5.84. The van der Waals surface area contributed by atoms with E-state index in [1.807, 2.05) is 0 Å². The number of thiophene rings is 1. The molecule has 1 aromatic rings. The number of rotatable bonds is 5. The number of halogens is 1. The van der Waals surface area contributed by atoms with Gasteiger partial charge in [0.15, 0.2) is 0 Å². The summed E-state index contributed by atoms with van der Waals surface area (Å²) in [5, 5.41) is 2.13. The average Bonchev–Trinajstić information content (AvgIpc) is 2.80. The molecule has 1 saturated heterocycles. The Balaban J connectivity index is 1.94. The van der Waals surface area contributed by atoms with E-state index in [0.29, 0.717) is 12.6 Å². The zero-order valence-corrected chi connectivity index (χ0v) is 14.2. The normalized spacial score (nSPS) is 20.1. The zero-order valence-electron chi connectivity index (χ0n) is 11.8. The molecule has 3 nitrogen and oxygen atoms in total. The van der Waals surface area contributed by atoms with Gasteiger partial charge in [-0.25, -0.2) is 0 Å². The molecule has 0 aromatic carbocycles. The summed E-state index contributed by atoms with van der Waals surface area (Å²) in [6, 6.07) is 2.46. The zero-order chi connectivity index (χ0) is 13.8. The minimum absolute atomic E-state index is 0.342. The predicted molar refractivity (Wildman–Crippen MR) is 86.7 cm³/mol. The van der Waals surface area contributed by atoms with Crippen LogP contribution in [0.15, 0.2) is 15.9 Å². The second kappa shape index (κ2) is 7.18. The monoisotopic (exact) mass is 345 g/mol. The molecule has 2 rings (SSSR count). The maximum atomic E-state index is 6.00. The Morgan fingerprint density at radius 2 is 2.21 bits per heavy atom. The molecule has 0 spiro atoms. The van der Waals surface area contributed by atoms with Crippen molar-refractivity contribution in [2.24, 2.45) is 11.7 Å². The highest BCUT2D eigenvalue weighted by Gasteiger charge is 2.24. The number of hydrogen-bond donors (Lipinski definition) is 1. The molecule has 0 bridgehead atoms. The fraction of sp³-hybridized carbons (Fsp3) is 0.714. The second-order valence-electron chi connectivity index (χ2n) is 5.57. The van der Waals surface area contributed by atoms with Crippen molar-refractivity contribution in [1.29, 1.82) is 0 Å². The Morgan fingerprint density at radius 3 is 2.74 bits per heavy atom. The molecule has 0 radical (unpaired) electrons. The van der Waals surface area contributed by atoms with Gasteiger partial charge in [0, 0.05) is 22.4 Å². The van der Waals surface area contributed by atoms with Crippen molar-refractivity contribution in [3.8, 4) is 0 Å². The van der Waals surface area contributed by atoms with Crippen LogP contribution in [-0.4, -0.2) is 50.1 Å². The van der Waals surface area contributed by atoms with E-state index >= 15 is 0 Å². The molecule has 1 aromatic heterocycles. The first-order valence-electron chi connectivity index (χ1n) is 6.93. The summed E-state index contributed by atoms with van der Waals surface area (Å²) in [5.41, 5.74) is 6.00. The highest BCUT2D eigenvalue weighted by molar-refractivity contribution is 9.10.